The van der Waals surface area contributed by atoms with E-state index in [0.717, 1.165) is 15.4 Å². The van der Waals surface area contributed by atoms with Crippen LogP contribution in [0.15, 0.2) is 40.1 Å². The molecule has 0 aliphatic carbocycles. The molecule has 2 aromatic carbocycles. The van der Waals surface area contributed by atoms with Crippen LogP contribution in [0.4, 0.5) is 4.39 Å². The fraction of sp³-hybridized carbons (Fsp3) is 0.200. The van der Waals surface area contributed by atoms with Gasteiger partial charge in [0.2, 0.25) is 0 Å². The van der Waals surface area contributed by atoms with Crippen LogP contribution in [0.2, 0.25) is 10.0 Å². The molecule has 20 heavy (non-hydrogen) atoms. The summed E-state index contributed by atoms with van der Waals surface area (Å²) in [6.07, 6.45) is 0. The summed E-state index contributed by atoms with van der Waals surface area (Å²) in [5, 5.41) is 1.22. The van der Waals surface area contributed by atoms with Gasteiger partial charge in [-0.25, -0.2) is 4.39 Å². The van der Waals surface area contributed by atoms with Crippen LogP contribution in [0.1, 0.15) is 24.1 Å². The van der Waals surface area contributed by atoms with Crippen LogP contribution in [0.5, 0.6) is 0 Å². The third kappa shape index (κ3) is 3.47. The number of rotatable bonds is 3. The number of halogens is 3. The Balaban J connectivity index is 2.47. The molecule has 1 nitrogen and oxygen atoms in total. The molecule has 0 bridgehead atoms. The van der Waals surface area contributed by atoms with E-state index in [9.17, 15) is 4.39 Å². The Morgan fingerprint density at radius 3 is 2.50 bits per heavy atom. The highest BCUT2D eigenvalue weighted by atomic mass is 35.5. The minimum Gasteiger partial charge on any atom is -0.324 e. The smallest absolute Gasteiger partial charge is 0.126 e. The van der Waals surface area contributed by atoms with Gasteiger partial charge in [-0.2, -0.15) is 0 Å². The second kappa shape index (κ2) is 6.35. The van der Waals surface area contributed by atoms with Crippen molar-refractivity contribution in [3.05, 3.63) is 57.3 Å². The molecule has 0 fully saturated rings. The highest BCUT2D eigenvalue weighted by Gasteiger charge is 2.13. The second-order valence-corrected chi connectivity index (χ2v) is 6.53. The van der Waals surface area contributed by atoms with Gasteiger partial charge in [-0.3, -0.25) is 0 Å². The predicted octanol–water partition coefficient (Wildman–Crippen LogP) is 5.61. The lowest BCUT2D eigenvalue weighted by Gasteiger charge is -2.14. The number of hydrogen-bond acceptors (Lipinski definition) is 2. The zero-order valence-corrected chi connectivity index (χ0v) is 13.4. The first-order chi connectivity index (χ1) is 9.38. The molecule has 5 heteroatoms. The van der Waals surface area contributed by atoms with Crippen LogP contribution in [0.25, 0.3) is 0 Å². The zero-order valence-electron chi connectivity index (χ0n) is 11.1. The van der Waals surface area contributed by atoms with E-state index < -0.39 is 0 Å². The average Bonchev–Trinajstić information content (AvgIpc) is 2.37. The number of benzene rings is 2. The van der Waals surface area contributed by atoms with E-state index in [1.54, 1.807) is 31.2 Å². The van der Waals surface area contributed by atoms with Crippen molar-refractivity contribution in [2.75, 3.05) is 0 Å². The SMILES string of the molecule is Cc1cc(Sc2cc(Cl)ccc2Cl)c([C@H](C)N)cc1F. The van der Waals surface area contributed by atoms with E-state index in [1.807, 2.05) is 6.92 Å². The summed E-state index contributed by atoms with van der Waals surface area (Å²) in [4.78, 5) is 1.72. The van der Waals surface area contributed by atoms with Crippen LogP contribution in [-0.2, 0) is 0 Å². The van der Waals surface area contributed by atoms with Crippen molar-refractivity contribution in [1.82, 2.24) is 0 Å². The van der Waals surface area contributed by atoms with E-state index in [-0.39, 0.29) is 11.9 Å². The van der Waals surface area contributed by atoms with Crippen LogP contribution in [-0.4, -0.2) is 0 Å². The Bertz CT molecular complexity index is 644. The van der Waals surface area contributed by atoms with Crippen molar-refractivity contribution < 1.29 is 4.39 Å². The third-order valence-electron chi connectivity index (χ3n) is 2.89. The predicted molar refractivity (Wildman–Crippen MR) is 84.3 cm³/mol. The van der Waals surface area contributed by atoms with Crippen LogP contribution in [0.3, 0.4) is 0 Å². The molecule has 0 heterocycles. The highest BCUT2D eigenvalue weighted by Crippen LogP contribution is 2.38. The van der Waals surface area contributed by atoms with Crippen molar-refractivity contribution in [1.29, 1.82) is 0 Å². The van der Waals surface area contributed by atoms with Gasteiger partial charge >= 0.3 is 0 Å². The molecule has 2 N–H and O–H groups in total. The van der Waals surface area contributed by atoms with Gasteiger partial charge < -0.3 is 5.73 Å². The number of nitrogens with two attached hydrogens (primary N) is 1. The van der Waals surface area contributed by atoms with Gasteiger partial charge in [0, 0.05) is 20.9 Å². The van der Waals surface area contributed by atoms with Crippen molar-refractivity contribution in [3.8, 4) is 0 Å². The molecule has 0 aromatic heterocycles. The first-order valence-electron chi connectivity index (χ1n) is 6.07. The van der Waals surface area contributed by atoms with Crippen molar-refractivity contribution in [3.63, 3.8) is 0 Å². The molecule has 1 atom stereocenters. The van der Waals surface area contributed by atoms with Crippen LogP contribution < -0.4 is 5.73 Å². The topological polar surface area (TPSA) is 26.0 Å². The van der Waals surface area contributed by atoms with Gasteiger partial charge in [-0.1, -0.05) is 35.0 Å². The van der Waals surface area contributed by atoms with Gasteiger partial charge in [0.1, 0.15) is 5.82 Å². The Kier molecular flexibility index (Phi) is 4.97. The van der Waals surface area contributed by atoms with E-state index in [2.05, 4.69) is 0 Å². The molecule has 2 aromatic rings. The molecule has 0 aliphatic rings. The molecular formula is C15H14Cl2FNS. The second-order valence-electron chi connectivity index (χ2n) is 4.60. The Labute approximate surface area is 132 Å². The van der Waals surface area contributed by atoms with Gasteiger partial charge in [0.25, 0.3) is 0 Å². The van der Waals surface area contributed by atoms with Crippen LogP contribution in [0, 0.1) is 12.7 Å². The fourth-order valence-electron chi connectivity index (χ4n) is 1.79. The largest absolute Gasteiger partial charge is 0.324 e. The maximum absolute atomic E-state index is 13.7. The molecule has 0 radical (unpaired) electrons. The summed E-state index contributed by atoms with van der Waals surface area (Å²) in [5.74, 6) is -0.251. The summed E-state index contributed by atoms with van der Waals surface area (Å²) in [6.45, 7) is 3.55. The lowest BCUT2D eigenvalue weighted by atomic mass is 10.1. The number of hydrogen-bond donors (Lipinski definition) is 1. The molecular weight excluding hydrogens is 316 g/mol. The number of aryl methyl sites for hydroxylation is 1. The Morgan fingerprint density at radius 2 is 1.85 bits per heavy atom. The quantitative estimate of drug-likeness (QED) is 0.791. The maximum Gasteiger partial charge on any atom is 0.126 e. The minimum absolute atomic E-state index is 0.251. The van der Waals surface area contributed by atoms with E-state index in [1.165, 1.54) is 17.8 Å². The van der Waals surface area contributed by atoms with Gasteiger partial charge in [-0.15, -0.1) is 0 Å². The molecule has 0 saturated carbocycles. The average molecular weight is 330 g/mol. The maximum atomic E-state index is 13.7. The van der Waals surface area contributed by atoms with E-state index in [4.69, 9.17) is 28.9 Å². The van der Waals surface area contributed by atoms with Gasteiger partial charge in [-0.05, 0) is 55.3 Å². The first-order valence-corrected chi connectivity index (χ1v) is 7.64. The molecule has 0 spiro atoms. The molecule has 106 valence electrons. The molecule has 0 saturated heterocycles. The van der Waals surface area contributed by atoms with Crippen molar-refractivity contribution in [2.24, 2.45) is 5.73 Å². The Hall–Kier alpha value is -0.740. The van der Waals surface area contributed by atoms with Crippen molar-refractivity contribution >= 4 is 35.0 Å². The van der Waals surface area contributed by atoms with E-state index >= 15 is 0 Å². The van der Waals surface area contributed by atoms with Gasteiger partial charge in [0.15, 0.2) is 0 Å². The van der Waals surface area contributed by atoms with Gasteiger partial charge in [0.05, 0.1) is 5.02 Å². The highest BCUT2D eigenvalue weighted by molar-refractivity contribution is 7.99. The summed E-state index contributed by atoms with van der Waals surface area (Å²) >= 11 is 13.6. The van der Waals surface area contributed by atoms with Crippen molar-refractivity contribution in [2.45, 2.75) is 29.7 Å². The summed E-state index contributed by atoms with van der Waals surface area (Å²) in [7, 11) is 0. The molecule has 0 amide bonds. The molecule has 0 aliphatic heterocycles. The van der Waals surface area contributed by atoms with Crippen LogP contribution >= 0.6 is 35.0 Å². The summed E-state index contributed by atoms with van der Waals surface area (Å²) in [5.41, 5.74) is 7.25. The normalized spacial score (nSPS) is 12.5. The summed E-state index contributed by atoms with van der Waals surface area (Å²) < 4.78 is 13.7. The molecule has 0 unspecified atom stereocenters. The fourth-order valence-corrected chi connectivity index (χ4v) is 3.45. The lowest BCUT2D eigenvalue weighted by molar-refractivity contribution is 0.610. The lowest BCUT2D eigenvalue weighted by Crippen LogP contribution is -2.07. The third-order valence-corrected chi connectivity index (χ3v) is 4.70. The minimum atomic E-state index is -0.259. The molecule has 2 rings (SSSR count). The monoisotopic (exact) mass is 329 g/mol. The summed E-state index contributed by atoms with van der Waals surface area (Å²) in [6, 6.07) is 8.28. The Morgan fingerprint density at radius 1 is 1.15 bits per heavy atom. The van der Waals surface area contributed by atoms with E-state index in [0.29, 0.717) is 15.6 Å². The first kappa shape index (κ1) is 15.6. The zero-order chi connectivity index (χ0) is 14.9. The standard InChI is InChI=1S/C15H14Cl2FNS/c1-8-5-14(11(9(2)19)7-13(8)18)20-15-6-10(16)3-4-12(15)17/h3-7,9H,19H2,1-2H3/t9-/m0/s1.